The summed E-state index contributed by atoms with van der Waals surface area (Å²) < 4.78 is 25.5. The number of thiocarbonyl (C=S) groups is 1. The van der Waals surface area contributed by atoms with E-state index >= 15 is 0 Å². The molecule has 0 heterocycles. The minimum absolute atomic E-state index is 0.0610. The van der Waals surface area contributed by atoms with Crippen LogP contribution in [0.2, 0.25) is 0 Å². The summed E-state index contributed by atoms with van der Waals surface area (Å²) in [7, 11) is -0.709. The molecule has 1 aromatic rings. The van der Waals surface area contributed by atoms with Gasteiger partial charge in [-0.2, -0.15) is 0 Å². The number of benzene rings is 1. The maximum Gasteiger partial charge on any atom is 0.269 e. The maximum absolute atomic E-state index is 12.3. The van der Waals surface area contributed by atoms with Gasteiger partial charge in [-0.3, -0.25) is 15.6 Å². The van der Waals surface area contributed by atoms with E-state index in [0.717, 1.165) is 17.1 Å². The molecule has 0 aliphatic heterocycles. The van der Waals surface area contributed by atoms with E-state index in [0.29, 0.717) is 16.9 Å². The lowest BCUT2D eigenvalue weighted by Crippen LogP contribution is -2.52. The Bertz CT molecular complexity index is 796. The molecule has 1 saturated carbocycles. The van der Waals surface area contributed by atoms with Gasteiger partial charge in [0.25, 0.3) is 5.91 Å². The van der Waals surface area contributed by atoms with Gasteiger partial charge in [-0.15, -0.1) is 0 Å². The lowest BCUT2D eigenvalue weighted by Gasteiger charge is -2.35. The number of hydrazine groups is 1. The minimum atomic E-state index is -3.60. The van der Waals surface area contributed by atoms with Crippen molar-refractivity contribution >= 4 is 33.3 Å². The number of hydrogen-bond acceptors (Lipinski definition) is 4. The van der Waals surface area contributed by atoms with Crippen LogP contribution in [0.4, 0.5) is 0 Å². The summed E-state index contributed by atoms with van der Waals surface area (Å²) in [6.45, 7) is 4.45. The van der Waals surface area contributed by atoms with Gasteiger partial charge in [-0.1, -0.05) is 32.8 Å². The van der Waals surface area contributed by atoms with E-state index in [-0.39, 0.29) is 16.5 Å². The van der Waals surface area contributed by atoms with Gasteiger partial charge in [0.2, 0.25) is 10.0 Å². The first-order valence-corrected chi connectivity index (χ1v) is 10.9. The van der Waals surface area contributed by atoms with Crippen LogP contribution in [-0.2, 0) is 10.0 Å². The Labute approximate surface area is 166 Å². The van der Waals surface area contributed by atoms with Gasteiger partial charge in [0, 0.05) is 25.7 Å². The molecule has 2 rings (SSSR count). The number of carbonyl (C=O) groups is 1. The first-order valence-electron chi connectivity index (χ1n) is 9.02. The average Bonchev–Trinajstić information content (AvgIpc) is 2.63. The smallest absolute Gasteiger partial charge is 0.269 e. The van der Waals surface area contributed by atoms with Gasteiger partial charge in [-0.25, -0.2) is 12.7 Å². The van der Waals surface area contributed by atoms with Crippen molar-refractivity contribution in [3.05, 3.63) is 29.8 Å². The molecule has 27 heavy (non-hydrogen) atoms. The molecule has 9 heteroatoms. The number of nitrogens with zero attached hydrogens (tertiary/aromatic N) is 1. The van der Waals surface area contributed by atoms with Crippen LogP contribution in [0, 0.1) is 11.8 Å². The third-order valence-electron chi connectivity index (χ3n) is 5.19. The first-order chi connectivity index (χ1) is 12.6. The Hall–Kier alpha value is -1.71. The average molecular weight is 413 g/mol. The highest BCUT2D eigenvalue weighted by Gasteiger charge is 2.27. The number of rotatable bonds is 4. The van der Waals surface area contributed by atoms with E-state index in [2.05, 4.69) is 30.0 Å². The number of hydrogen-bond donors (Lipinski definition) is 3. The van der Waals surface area contributed by atoms with Gasteiger partial charge >= 0.3 is 0 Å². The summed E-state index contributed by atoms with van der Waals surface area (Å²) in [4.78, 5) is 12.4. The Morgan fingerprint density at radius 1 is 1.19 bits per heavy atom. The molecule has 0 radical (unpaired) electrons. The monoisotopic (exact) mass is 412 g/mol. The largest absolute Gasteiger partial charge is 0.358 e. The van der Waals surface area contributed by atoms with Crippen molar-refractivity contribution < 1.29 is 13.2 Å². The van der Waals surface area contributed by atoms with Crippen molar-refractivity contribution in [2.45, 2.75) is 44.0 Å². The molecule has 150 valence electrons. The second-order valence-corrected chi connectivity index (χ2v) is 9.80. The zero-order valence-corrected chi connectivity index (χ0v) is 17.8. The highest BCUT2D eigenvalue weighted by molar-refractivity contribution is 7.89. The SMILES string of the molecule is C[C@@H]1[C@H](C)CCC[C@H]1NC(=S)NNC(=O)c1cccc(S(=O)(=O)N(C)C)c1. The van der Waals surface area contributed by atoms with Gasteiger partial charge in [0.05, 0.1) is 4.90 Å². The fraction of sp³-hybridized carbons (Fsp3) is 0.556. The Balaban J connectivity index is 1.95. The summed E-state index contributed by atoms with van der Waals surface area (Å²) in [5.41, 5.74) is 5.46. The van der Waals surface area contributed by atoms with Gasteiger partial charge < -0.3 is 5.32 Å². The summed E-state index contributed by atoms with van der Waals surface area (Å²) in [6.07, 6.45) is 3.43. The zero-order valence-electron chi connectivity index (χ0n) is 16.2. The summed E-state index contributed by atoms with van der Waals surface area (Å²) in [5, 5.41) is 3.61. The van der Waals surface area contributed by atoms with Crippen LogP contribution in [0.1, 0.15) is 43.5 Å². The van der Waals surface area contributed by atoms with Crippen LogP contribution in [0.25, 0.3) is 0 Å². The van der Waals surface area contributed by atoms with Crippen molar-refractivity contribution in [1.82, 2.24) is 20.5 Å². The predicted octanol–water partition coefficient (Wildman–Crippen LogP) is 1.87. The summed E-state index contributed by atoms with van der Waals surface area (Å²) in [6, 6.07) is 6.16. The van der Waals surface area contributed by atoms with E-state index in [4.69, 9.17) is 12.2 Å². The molecule has 0 saturated heterocycles. The fourth-order valence-electron chi connectivity index (χ4n) is 3.18. The molecule has 1 aliphatic carbocycles. The lowest BCUT2D eigenvalue weighted by atomic mass is 9.78. The summed E-state index contributed by atoms with van der Waals surface area (Å²) in [5.74, 6) is 0.678. The summed E-state index contributed by atoms with van der Waals surface area (Å²) >= 11 is 5.27. The second-order valence-electron chi connectivity index (χ2n) is 7.24. The van der Waals surface area contributed by atoms with Crippen molar-refractivity contribution in [3.63, 3.8) is 0 Å². The zero-order chi connectivity index (χ0) is 20.2. The standard InChI is InChI=1S/C18H28N4O3S2/c1-12-7-5-10-16(13(12)2)19-18(26)21-20-17(23)14-8-6-9-15(11-14)27(24,25)22(3)4/h6,8-9,11-13,16H,5,7,10H2,1-4H3,(H,20,23)(H2,19,21,26)/t12-,13-,16-/m1/s1. The second kappa shape index (κ2) is 8.99. The van der Waals surface area contributed by atoms with E-state index < -0.39 is 15.9 Å². The van der Waals surface area contributed by atoms with Crippen LogP contribution >= 0.6 is 12.2 Å². The van der Waals surface area contributed by atoms with Crippen LogP contribution in [-0.4, -0.2) is 43.9 Å². The highest BCUT2D eigenvalue weighted by atomic mass is 32.2. The van der Waals surface area contributed by atoms with Crippen LogP contribution in [0.15, 0.2) is 29.2 Å². The molecule has 1 amide bonds. The van der Waals surface area contributed by atoms with Crippen LogP contribution in [0.3, 0.4) is 0 Å². The lowest BCUT2D eigenvalue weighted by molar-refractivity contribution is 0.0943. The third kappa shape index (κ3) is 5.40. The Morgan fingerprint density at radius 2 is 1.89 bits per heavy atom. The Kier molecular flexibility index (Phi) is 7.19. The molecule has 0 aromatic heterocycles. The van der Waals surface area contributed by atoms with Crippen LogP contribution < -0.4 is 16.2 Å². The molecular formula is C18H28N4O3S2. The molecule has 0 spiro atoms. The van der Waals surface area contributed by atoms with E-state index in [1.165, 1.54) is 38.7 Å². The van der Waals surface area contributed by atoms with E-state index in [9.17, 15) is 13.2 Å². The molecule has 1 fully saturated rings. The van der Waals surface area contributed by atoms with Gasteiger partial charge in [-0.05, 0) is 48.7 Å². The van der Waals surface area contributed by atoms with E-state index in [1.54, 1.807) is 6.07 Å². The number of sulfonamides is 1. The van der Waals surface area contributed by atoms with Gasteiger partial charge in [0.15, 0.2) is 5.11 Å². The molecular weight excluding hydrogens is 384 g/mol. The Morgan fingerprint density at radius 3 is 2.56 bits per heavy atom. The number of carbonyl (C=O) groups excluding carboxylic acids is 1. The first kappa shape index (κ1) is 21.6. The maximum atomic E-state index is 12.3. The minimum Gasteiger partial charge on any atom is -0.358 e. The van der Waals surface area contributed by atoms with Gasteiger partial charge in [0.1, 0.15) is 0 Å². The molecule has 0 unspecified atom stereocenters. The third-order valence-corrected chi connectivity index (χ3v) is 7.22. The molecule has 3 atom stereocenters. The van der Waals surface area contributed by atoms with Crippen molar-refractivity contribution in [2.75, 3.05) is 14.1 Å². The quantitative estimate of drug-likeness (QED) is 0.517. The number of nitrogens with one attached hydrogen (secondary N) is 3. The normalized spacial score (nSPS) is 22.9. The topological polar surface area (TPSA) is 90.5 Å². The van der Waals surface area contributed by atoms with Crippen molar-refractivity contribution in [3.8, 4) is 0 Å². The molecule has 0 bridgehead atoms. The van der Waals surface area contributed by atoms with E-state index in [1.807, 2.05) is 0 Å². The van der Waals surface area contributed by atoms with Crippen LogP contribution in [0.5, 0.6) is 0 Å². The molecule has 1 aromatic carbocycles. The predicted molar refractivity (Wildman–Crippen MR) is 110 cm³/mol. The molecule has 3 N–H and O–H groups in total. The fourth-order valence-corrected chi connectivity index (χ4v) is 4.33. The van der Waals surface area contributed by atoms with Crippen molar-refractivity contribution in [1.29, 1.82) is 0 Å². The number of amides is 1. The highest BCUT2D eigenvalue weighted by Crippen LogP contribution is 2.29. The molecule has 7 nitrogen and oxygen atoms in total. The molecule has 1 aliphatic rings. The van der Waals surface area contributed by atoms with Crippen molar-refractivity contribution in [2.24, 2.45) is 11.8 Å².